The molecule has 0 unspecified atom stereocenters. The van der Waals surface area contributed by atoms with Crippen LogP contribution in [-0.2, 0) is 4.74 Å². The van der Waals surface area contributed by atoms with E-state index in [1.54, 1.807) is 18.2 Å². The van der Waals surface area contributed by atoms with E-state index in [1.807, 2.05) is 0 Å². The molecule has 0 saturated heterocycles. The molecule has 4 atom stereocenters. The Balaban J connectivity index is 2.01. The van der Waals surface area contributed by atoms with Crippen molar-refractivity contribution in [1.82, 2.24) is 0 Å². The molecular weight excluding hydrogens is 376 g/mol. The molecule has 4 nitrogen and oxygen atoms in total. The molecule has 0 radical (unpaired) electrons. The van der Waals surface area contributed by atoms with E-state index in [4.69, 9.17) is 4.74 Å². The minimum absolute atomic E-state index is 0.0121. The van der Waals surface area contributed by atoms with Crippen molar-refractivity contribution in [3.05, 3.63) is 35.4 Å². The number of rotatable bonds is 4. The smallest absolute Gasteiger partial charge is 0.339 e. The van der Waals surface area contributed by atoms with Crippen molar-refractivity contribution in [3.8, 4) is 0 Å². The van der Waals surface area contributed by atoms with Gasteiger partial charge in [-0.05, 0) is 79.2 Å². The monoisotopic (exact) mass is 414 g/mol. The van der Waals surface area contributed by atoms with Crippen LogP contribution in [0.25, 0.3) is 0 Å². The molecule has 0 spiro atoms. The molecule has 0 amide bonds. The molecule has 30 heavy (non-hydrogen) atoms. The first-order chi connectivity index (χ1) is 13.8. The predicted molar refractivity (Wildman–Crippen MR) is 119 cm³/mol. The molecule has 0 aliphatic heterocycles. The van der Waals surface area contributed by atoms with Crippen molar-refractivity contribution in [2.75, 3.05) is 0 Å². The molecule has 0 aromatic heterocycles. The van der Waals surface area contributed by atoms with Crippen molar-refractivity contribution in [3.63, 3.8) is 0 Å². The number of carboxylic acid groups (broad SMARTS) is 1. The van der Waals surface area contributed by atoms with Crippen LogP contribution in [0, 0.1) is 28.6 Å². The van der Waals surface area contributed by atoms with E-state index in [1.165, 1.54) is 12.5 Å². The second-order valence-electron chi connectivity index (χ2n) is 11.8. The summed E-state index contributed by atoms with van der Waals surface area (Å²) in [6.07, 6.45) is 6.08. The van der Waals surface area contributed by atoms with Crippen LogP contribution in [0.3, 0.4) is 0 Å². The lowest BCUT2D eigenvalue weighted by Crippen LogP contribution is -2.53. The van der Waals surface area contributed by atoms with Crippen LogP contribution in [0.2, 0.25) is 0 Å². The second-order valence-corrected chi connectivity index (χ2v) is 11.8. The molecule has 166 valence electrons. The average molecular weight is 415 g/mol. The summed E-state index contributed by atoms with van der Waals surface area (Å²) < 4.78 is 6.44. The Morgan fingerprint density at radius 2 is 1.50 bits per heavy atom. The highest BCUT2D eigenvalue weighted by Gasteiger charge is 2.53. The molecule has 2 saturated carbocycles. The average Bonchev–Trinajstić information content (AvgIpc) is 2.58. The normalized spacial score (nSPS) is 32.9. The van der Waals surface area contributed by atoms with Crippen LogP contribution in [0.15, 0.2) is 24.3 Å². The van der Waals surface area contributed by atoms with Crippen LogP contribution < -0.4 is 0 Å². The van der Waals surface area contributed by atoms with Gasteiger partial charge in [-0.3, -0.25) is 0 Å². The molecule has 2 fully saturated rings. The van der Waals surface area contributed by atoms with Crippen LogP contribution >= 0.6 is 0 Å². The van der Waals surface area contributed by atoms with Gasteiger partial charge in [0.1, 0.15) is 5.60 Å². The topological polar surface area (TPSA) is 63.6 Å². The Morgan fingerprint density at radius 1 is 0.900 bits per heavy atom. The zero-order valence-corrected chi connectivity index (χ0v) is 19.5. The summed E-state index contributed by atoms with van der Waals surface area (Å²) in [5.41, 5.74) is -0.0853. The Morgan fingerprint density at radius 3 is 2.07 bits per heavy atom. The quantitative estimate of drug-likeness (QED) is 0.565. The molecule has 1 N–H and O–H groups in total. The summed E-state index contributed by atoms with van der Waals surface area (Å²) in [7, 11) is 0. The second kappa shape index (κ2) is 8.01. The van der Waals surface area contributed by atoms with Crippen molar-refractivity contribution in [1.29, 1.82) is 0 Å². The Bertz CT molecular complexity index is 809. The van der Waals surface area contributed by atoms with Crippen LogP contribution in [0.4, 0.5) is 0 Å². The van der Waals surface area contributed by atoms with E-state index in [-0.39, 0.29) is 22.0 Å². The van der Waals surface area contributed by atoms with E-state index in [0.29, 0.717) is 17.8 Å². The maximum absolute atomic E-state index is 13.4. The fraction of sp³-hybridized carbons (Fsp3) is 0.692. The first-order valence-electron chi connectivity index (χ1n) is 11.4. The third-order valence-electron chi connectivity index (χ3n) is 7.18. The van der Waals surface area contributed by atoms with Gasteiger partial charge in [0.25, 0.3) is 0 Å². The number of aromatic carboxylic acids is 1. The maximum Gasteiger partial charge on any atom is 0.339 e. The number of esters is 1. The minimum atomic E-state index is -1.10. The van der Waals surface area contributed by atoms with E-state index in [2.05, 4.69) is 41.5 Å². The lowest BCUT2D eigenvalue weighted by molar-refractivity contribution is -0.132. The standard InChI is InChI=1S/C26H38O4/c1-17-11-19(15-24(3,4)12-17)26(14-18(2)13-25(5,6)16-26)30-23(29)21-10-8-7-9-20(21)22(27)28/h7-10,17-19H,11-16H2,1-6H3,(H,27,28)/t17-,18+,19-,26+/m0/s1. The van der Waals surface area contributed by atoms with Crippen molar-refractivity contribution < 1.29 is 19.4 Å². The van der Waals surface area contributed by atoms with E-state index in [9.17, 15) is 14.7 Å². The van der Waals surface area contributed by atoms with E-state index >= 15 is 0 Å². The maximum atomic E-state index is 13.4. The Labute approximate surface area is 181 Å². The first kappa shape index (κ1) is 22.8. The van der Waals surface area contributed by atoms with Crippen molar-refractivity contribution >= 4 is 11.9 Å². The number of hydrogen-bond acceptors (Lipinski definition) is 3. The molecule has 3 rings (SSSR count). The zero-order chi connectivity index (χ0) is 22.3. The van der Waals surface area contributed by atoms with E-state index in [0.717, 1.165) is 32.1 Å². The number of carbonyl (C=O) groups is 2. The van der Waals surface area contributed by atoms with Crippen molar-refractivity contribution in [2.24, 2.45) is 28.6 Å². The van der Waals surface area contributed by atoms with E-state index < -0.39 is 17.5 Å². The molecule has 0 bridgehead atoms. The molecule has 2 aliphatic rings. The third-order valence-corrected chi connectivity index (χ3v) is 7.18. The summed E-state index contributed by atoms with van der Waals surface area (Å²) in [6, 6.07) is 6.40. The number of carbonyl (C=O) groups excluding carboxylic acids is 1. The van der Waals surface area contributed by atoms with Gasteiger partial charge in [-0.25, -0.2) is 9.59 Å². The lowest BCUT2D eigenvalue weighted by atomic mass is 9.56. The molecule has 1 aromatic rings. The fourth-order valence-electron chi connectivity index (χ4n) is 6.87. The zero-order valence-electron chi connectivity index (χ0n) is 19.5. The highest BCUT2D eigenvalue weighted by atomic mass is 16.6. The highest BCUT2D eigenvalue weighted by molar-refractivity contribution is 6.02. The largest absolute Gasteiger partial charge is 0.478 e. The SMILES string of the molecule is C[C@@H]1CC(C)(C)C[C@@](OC(=O)c2ccccc2C(=O)O)([C@H]2C[C@H](C)CC(C)(C)C2)C1. The molecular formula is C26H38O4. The van der Waals surface area contributed by atoms with Crippen molar-refractivity contribution in [2.45, 2.75) is 85.7 Å². The van der Waals surface area contributed by atoms with Gasteiger partial charge in [0.05, 0.1) is 11.1 Å². The van der Waals surface area contributed by atoms with Crippen LogP contribution in [0.5, 0.6) is 0 Å². The Kier molecular flexibility index (Phi) is 6.10. The molecule has 4 heteroatoms. The number of ether oxygens (including phenoxy) is 1. The van der Waals surface area contributed by atoms with Crippen LogP contribution in [-0.4, -0.2) is 22.6 Å². The number of hydrogen-bond donors (Lipinski definition) is 1. The number of benzene rings is 1. The molecule has 2 aliphatic carbocycles. The molecule has 0 heterocycles. The highest BCUT2D eigenvalue weighted by Crippen LogP contribution is 2.55. The Hall–Kier alpha value is -1.84. The van der Waals surface area contributed by atoms with Gasteiger partial charge in [0.15, 0.2) is 0 Å². The first-order valence-corrected chi connectivity index (χ1v) is 11.4. The summed E-state index contributed by atoms with van der Waals surface area (Å²) in [5.74, 6) is -0.257. The minimum Gasteiger partial charge on any atom is -0.478 e. The molecule has 1 aromatic carbocycles. The van der Waals surface area contributed by atoms with Gasteiger partial charge in [-0.1, -0.05) is 53.7 Å². The summed E-state index contributed by atoms with van der Waals surface area (Å²) in [5, 5.41) is 9.55. The summed E-state index contributed by atoms with van der Waals surface area (Å²) in [4.78, 5) is 25.0. The number of carboxylic acids is 1. The van der Waals surface area contributed by atoms with Crippen LogP contribution in [0.1, 0.15) is 101 Å². The summed E-state index contributed by atoms with van der Waals surface area (Å²) in [6.45, 7) is 13.7. The predicted octanol–water partition coefficient (Wildman–Crippen LogP) is 6.59. The lowest BCUT2D eigenvalue weighted by Gasteiger charge is -2.54. The fourth-order valence-corrected chi connectivity index (χ4v) is 6.87. The van der Waals surface area contributed by atoms with Gasteiger partial charge in [-0.15, -0.1) is 0 Å². The third kappa shape index (κ3) is 4.90. The van der Waals surface area contributed by atoms with Gasteiger partial charge in [0, 0.05) is 0 Å². The summed E-state index contributed by atoms with van der Waals surface area (Å²) >= 11 is 0. The van der Waals surface area contributed by atoms with Gasteiger partial charge < -0.3 is 9.84 Å². The van der Waals surface area contributed by atoms with Gasteiger partial charge in [0.2, 0.25) is 0 Å². The van der Waals surface area contributed by atoms with Gasteiger partial charge >= 0.3 is 11.9 Å². The van der Waals surface area contributed by atoms with Gasteiger partial charge in [-0.2, -0.15) is 0 Å².